The van der Waals surface area contributed by atoms with Crippen LogP contribution < -0.4 is 0 Å². The number of rotatable bonds is 0. The number of carbonyl (C=O) groups is 2. The molecule has 0 N–H and O–H groups in total. The molecule has 4 saturated carbocycles. The third kappa shape index (κ3) is 1.73. The Morgan fingerprint density at radius 2 is 1.77 bits per heavy atom. The summed E-state index contributed by atoms with van der Waals surface area (Å²) < 4.78 is 0. The number of hydrogen-bond donors (Lipinski definition) is 0. The fourth-order valence-corrected chi connectivity index (χ4v) is 6.81. The number of fused-ring (bicyclic) bond motifs is 5. The first-order valence-electron chi connectivity index (χ1n) is 9.09. The van der Waals surface area contributed by atoms with E-state index in [-0.39, 0.29) is 10.8 Å². The zero-order chi connectivity index (χ0) is 15.7. The van der Waals surface area contributed by atoms with E-state index in [0.717, 1.165) is 44.9 Å². The highest BCUT2D eigenvalue weighted by Gasteiger charge is 2.60. The molecule has 0 bridgehead atoms. The molecular weight excluding hydrogens is 272 g/mol. The van der Waals surface area contributed by atoms with Crippen LogP contribution in [0.4, 0.5) is 0 Å². The van der Waals surface area contributed by atoms with Crippen molar-refractivity contribution in [3.8, 4) is 0 Å². The first-order valence-corrected chi connectivity index (χ1v) is 9.09. The molecule has 0 saturated heterocycles. The molecule has 0 aromatic rings. The summed E-state index contributed by atoms with van der Waals surface area (Å²) >= 11 is 0. The Balaban J connectivity index is 1.71. The molecule has 120 valence electrons. The van der Waals surface area contributed by atoms with Crippen molar-refractivity contribution >= 4 is 11.6 Å². The highest BCUT2D eigenvalue weighted by molar-refractivity contribution is 5.87. The van der Waals surface area contributed by atoms with Crippen molar-refractivity contribution < 1.29 is 9.59 Å². The van der Waals surface area contributed by atoms with Crippen molar-refractivity contribution in [1.82, 2.24) is 0 Å². The van der Waals surface area contributed by atoms with Crippen molar-refractivity contribution in [2.24, 2.45) is 34.5 Å². The zero-order valence-electron chi connectivity index (χ0n) is 14.0. The van der Waals surface area contributed by atoms with Crippen LogP contribution in [0.25, 0.3) is 0 Å². The summed E-state index contributed by atoms with van der Waals surface area (Å²) in [4.78, 5) is 24.4. The van der Waals surface area contributed by atoms with Crippen LogP contribution in [0.15, 0.2) is 12.2 Å². The molecule has 0 amide bonds. The number of ketones is 2. The van der Waals surface area contributed by atoms with Crippen molar-refractivity contribution in [2.75, 3.05) is 0 Å². The predicted octanol–water partition coefficient (Wildman–Crippen LogP) is 4.33. The first kappa shape index (κ1) is 14.7. The summed E-state index contributed by atoms with van der Waals surface area (Å²) in [6.07, 6.45) is 7.70. The van der Waals surface area contributed by atoms with Gasteiger partial charge >= 0.3 is 0 Å². The Morgan fingerprint density at radius 3 is 2.55 bits per heavy atom. The summed E-state index contributed by atoms with van der Waals surface area (Å²) in [6, 6.07) is 0. The Bertz CT molecular complexity index is 562. The standard InChI is InChI=1S/C20H28O2/c1-12-10-14-15-4-5-18(22)20(15,3)9-7-16(14)19(2)8-6-13(21)11-17(12)19/h14-17H,1,4-11H2,2-3H3/t14-,15-,16+,17?,19+,20-/m0/s1. The number of hydrogen-bond acceptors (Lipinski definition) is 2. The number of Topliss-reactive ketones (excluding diaryl/α,β-unsaturated/α-hetero) is 2. The Morgan fingerprint density at radius 1 is 1.00 bits per heavy atom. The van der Waals surface area contributed by atoms with Crippen LogP contribution in [-0.2, 0) is 9.59 Å². The molecule has 2 heteroatoms. The molecule has 0 aliphatic heterocycles. The molecule has 2 nitrogen and oxygen atoms in total. The van der Waals surface area contributed by atoms with E-state index in [2.05, 4.69) is 20.4 Å². The maximum Gasteiger partial charge on any atom is 0.139 e. The van der Waals surface area contributed by atoms with Gasteiger partial charge < -0.3 is 0 Å². The minimum absolute atomic E-state index is 0.0604. The SMILES string of the molecule is C=C1C[C@@H]2[C@@H](CC[C@]3(C)C(=O)CC[C@@H]23)[C@@]2(C)CCC(=O)CC12. The third-order valence-electron chi connectivity index (χ3n) is 8.15. The van der Waals surface area contributed by atoms with Crippen molar-refractivity contribution in [1.29, 1.82) is 0 Å². The van der Waals surface area contributed by atoms with Gasteiger partial charge in [-0.05, 0) is 61.2 Å². The van der Waals surface area contributed by atoms with E-state index in [4.69, 9.17) is 0 Å². The minimum Gasteiger partial charge on any atom is -0.300 e. The van der Waals surface area contributed by atoms with Gasteiger partial charge in [-0.2, -0.15) is 0 Å². The van der Waals surface area contributed by atoms with E-state index in [1.807, 2.05) is 0 Å². The molecule has 22 heavy (non-hydrogen) atoms. The first-order chi connectivity index (χ1) is 10.4. The summed E-state index contributed by atoms with van der Waals surface area (Å²) in [6.45, 7) is 9.04. The molecule has 4 rings (SSSR count). The van der Waals surface area contributed by atoms with Crippen LogP contribution in [0.5, 0.6) is 0 Å². The molecule has 0 spiro atoms. The number of carbonyl (C=O) groups excluding carboxylic acids is 2. The van der Waals surface area contributed by atoms with E-state index in [9.17, 15) is 9.59 Å². The van der Waals surface area contributed by atoms with Crippen LogP contribution in [0.2, 0.25) is 0 Å². The second-order valence-corrected chi connectivity index (χ2v) is 8.96. The van der Waals surface area contributed by atoms with Crippen LogP contribution in [0.1, 0.15) is 65.2 Å². The zero-order valence-corrected chi connectivity index (χ0v) is 14.0. The lowest BCUT2D eigenvalue weighted by Gasteiger charge is -2.59. The van der Waals surface area contributed by atoms with Crippen molar-refractivity contribution in [2.45, 2.75) is 65.2 Å². The van der Waals surface area contributed by atoms with Gasteiger partial charge in [-0.25, -0.2) is 0 Å². The van der Waals surface area contributed by atoms with E-state index < -0.39 is 0 Å². The van der Waals surface area contributed by atoms with E-state index in [1.165, 1.54) is 12.0 Å². The molecule has 0 aromatic heterocycles. The quantitative estimate of drug-likeness (QED) is 0.624. The fourth-order valence-electron chi connectivity index (χ4n) is 6.81. The molecule has 4 fully saturated rings. The Kier molecular flexibility index (Phi) is 3.03. The van der Waals surface area contributed by atoms with Gasteiger partial charge in [-0.1, -0.05) is 26.0 Å². The average molecular weight is 300 g/mol. The normalized spacial score (nSPS) is 51.3. The monoisotopic (exact) mass is 300 g/mol. The van der Waals surface area contributed by atoms with Gasteiger partial charge in [0.05, 0.1) is 0 Å². The molecule has 0 aromatic carbocycles. The highest BCUT2D eigenvalue weighted by atomic mass is 16.1. The van der Waals surface area contributed by atoms with Gasteiger partial charge in [0.1, 0.15) is 11.6 Å². The molecule has 0 radical (unpaired) electrons. The lowest BCUT2D eigenvalue weighted by Crippen LogP contribution is -2.54. The van der Waals surface area contributed by atoms with E-state index in [1.54, 1.807) is 0 Å². The minimum atomic E-state index is -0.0604. The maximum absolute atomic E-state index is 12.4. The lowest BCUT2D eigenvalue weighted by atomic mass is 9.44. The number of allylic oxidation sites excluding steroid dienone is 1. The van der Waals surface area contributed by atoms with Crippen LogP contribution in [0.3, 0.4) is 0 Å². The van der Waals surface area contributed by atoms with Crippen LogP contribution in [0, 0.1) is 34.5 Å². The average Bonchev–Trinajstić information content (AvgIpc) is 2.77. The highest BCUT2D eigenvalue weighted by Crippen LogP contribution is 2.66. The summed E-state index contributed by atoms with van der Waals surface area (Å²) in [5.74, 6) is 3.22. The molecular formula is C20H28O2. The van der Waals surface area contributed by atoms with Crippen LogP contribution >= 0.6 is 0 Å². The summed E-state index contributed by atoms with van der Waals surface area (Å²) in [5, 5.41) is 0. The van der Waals surface area contributed by atoms with Gasteiger partial charge in [0.25, 0.3) is 0 Å². The van der Waals surface area contributed by atoms with Gasteiger partial charge in [0.2, 0.25) is 0 Å². The molecule has 4 aliphatic rings. The van der Waals surface area contributed by atoms with Gasteiger partial charge in [0, 0.05) is 24.7 Å². The Hall–Kier alpha value is -0.920. The predicted molar refractivity (Wildman–Crippen MR) is 86.3 cm³/mol. The topological polar surface area (TPSA) is 34.1 Å². The largest absolute Gasteiger partial charge is 0.300 e. The van der Waals surface area contributed by atoms with Crippen LogP contribution in [-0.4, -0.2) is 11.6 Å². The Labute approximate surface area is 133 Å². The maximum atomic E-state index is 12.4. The second kappa shape index (κ2) is 4.55. The smallest absolute Gasteiger partial charge is 0.139 e. The van der Waals surface area contributed by atoms with E-state index in [0.29, 0.717) is 35.2 Å². The second-order valence-electron chi connectivity index (χ2n) is 8.96. The molecule has 4 aliphatic carbocycles. The van der Waals surface area contributed by atoms with Crippen molar-refractivity contribution in [3.05, 3.63) is 12.2 Å². The van der Waals surface area contributed by atoms with Gasteiger partial charge in [0.15, 0.2) is 0 Å². The van der Waals surface area contributed by atoms with Crippen molar-refractivity contribution in [3.63, 3.8) is 0 Å². The lowest BCUT2D eigenvalue weighted by molar-refractivity contribution is -0.138. The van der Waals surface area contributed by atoms with E-state index >= 15 is 0 Å². The molecule has 6 atom stereocenters. The van der Waals surface area contributed by atoms with Gasteiger partial charge in [-0.3, -0.25) is 9.59 Å². The molecule has 1 unspecified atom stereocenters. The third-order valence-corrected chi connectivity index (χ3v) is 8.15. The summed E-state index contributed by atoms with van der Waals surface area (Å²) in [7, 11) is 0. The van der Waals surface area contributed by atoms with Gasteiger partial charge in [-0.15, -0.1) is 0 Å². The molecule has 0 heterocycles. The summed E-state index contributed by atoms with van der Waals surface area (Å²) in [5.41, 5.74) is 1.50. The fraction of sp³-hybridized carbons (Fsp3) is 0.800.